The van der Waals surface area contributed by atoms with Crippen LogP contribution in [-0.2, 0) is 9.63 Å². The Morgan fingerprint density at radius 3 is 1.74 bits per heavy atom. The molecule has 11 heteroatoms. The standard InChI is InChI=1S/C18H39N3O2.C17H40N3O3/c1-6-9-10-11-18(23)19-12-14-20(13-7-2)15-17(22)16-21(4,5)8-3;1-6-9-17(8-3)23-18-10-12-19(11-7-2)13-16(22)14-20(4,5)15-21/h17,22H,6-16H2,1-5H3;16-18,21-22H,6-15H2,1-5H3/q;+1/p+1. The number of amides is 1. The van der Waals surface area contributed by atoms with Crippen LogP contribution in [0.3, 0.4) is 0 Å². The number of carbonyl (C=O) groups is 1. The molecule has 3 unspecified atom stereocenters. The number of nitrogens with one attached hydrogen (secondary N) is 2. The molecule has 0 radical (unpaired) electrons. The zero-order valence-corrected chi connectivity index (χ0v) is 32.0. The van der Waals surface area contributed by atoms with Crippen molar-refractivity contribution in [2.75, 3.05) is 107 Å². The summed E-state index contributed by atoms with van der Waals surface area (Å²) in [5, 5.41) is 32.9. The van der Waals surface area contributed by atoms with Crippen molar-refractivity contribution in [3.63, 3.8) is 0 Å². The van der Waals surface area contributed by atoms with Gasteiger partial charge in [0.2, 0.25) is 5.91 Å². The fourth-order valence-corrected chi connectivity index (χ4v) is 5.29. The van der Waals surface area contributed by atoms with Crippen molar-refractivity contribution in [2.45, 2.75) is 118 Å². The first-order chi connectivity index (χ1) is 21.7. The summed E-state index contributed by atoms with van der Waals surface area (Å²) < 4.78 is 1.24. The first-order valence-corrected chi connectivity index (χ1v) is 18.4. The van der Waals surface area contributed by atoms with Gasteiger partial charge in [0, 0.05) is 45.7 Å². The second kappa shape index (κ2) is 29.1. The van der Waals surface area contributed by atoms with Gasteiger partial charge in [-0.2, -0.15) is 0 Å². The van der Waals surface area contributed by atoms with Crippen LogP contribution in [0, 0.1) is 0 Å². The first-order valence-electron chi connectivity index (χ1n) is 18.4. The second-order valence-corrected chi connectivity index (χ2v) is 14.2. The molecule has 11 nitrogen and oxygen atoms in total. The number of unbranched alkanes of at least 4 members (excludes halogenated alkanes) is 2. The van der Waals surface area contributed by atoms with Gasteiger partial charge in [0.1, 0.15) is 25.3 Å². The third-order valence-corrected chi connectivity index (χ3v) is 8.27. The van der Waals surface area contributed by atoms with E-state index in [2.05, 4.69) is 76.2 Å². The topological polar surface area (TPSA) is 118 Å². The van der Waals surface area contributed by atoms with Gasteiger partial charge in [-0.05, 0) is 52.1 Å². The highest BCUT2D eigenvalue weighted by Gasteiger charge is 2.22. The summed E-state index contributed by atoms with van der Waals surface area (Å²) in [4.78, 5) is 21.9. The molecule has 1 amide bonds. The molecule has 0 spiro atoms. The molecule has 0 aliphatic rings. The van der Waals surface area contributed by atoms with Crippen LogP contribution >= 0.6 is 0 Å². The minimum Gasteiger partial charge on any atom is -0.386 e. The lowest BCUT2D eigenvalue weighted by atomic mass is 10.2. The zero-order chi connectivity index (χ0) is 35.4. The van der Waals surface area contributed by atoms with Crippen LogP contribution < -0.4 is 10.8 Å². The molecular weight excluding hydrogens is 584 g/mol. The maximum atomic E-state index is 11.7. The van der Waals surface area contributed by atoms with Crippen LogP contribution in [0.25, 0.3) is 0 Å². The van der Waals surface area contributed by atoms with Crippen molar-refractivity contribution in [3.8, 4) is 0 Å². The third-order valence-electron chi connectivity index (χ3n) is 8.27. The fraction of sp³-hybridized carbons (Fsp3) is 0.971. The Labute approximate surface area is 284 Å². The molecule has 278 valence electrons. The van der Waals surface area contributed by atoms with Gasteiger partial charge >= 0.3 is 0 Å². The van der Waals surface area contributed by atoms with E-state index in [1.807, 2.05) is 14.1 Å². The van der Waals surface area contributed by atoms with Crippen LogP contribution in [-0.4, -0.2) is 165 Å². The summed E-state index contributed by atoms with van der Waals surface area (Å²) in [7, 11) is 8.12. The van der Waals surface area contributed by atoms with E-state index in [-0.39, 0.29) is 24.8 Å². The average Bonchev–Trinajstić information content (AvgIpc) is 2.98. The van der Waals surface area contributed by atoms with E-state index in [0.29, 0.717) is 37.1 Å². The predicted molar refractivity (Wildman–Crippen MR) is 192 cm³/mol. The van der Waals surface area contributed by atoms with E-state index in [1.165, 1.54) is 0 Å². The Kier molecular flexibility index (Phi) is 29.8. The van der Waals surface area contributed by atoms with E-state index < -0.39 is 6.10 Å². The number of hydrogen-bond donors (Lipinski definition) is 5. The molecule has 0 aromatic carbocycles. The highest BCUT2D eigenvalue weighted by atomic mass is 16.7. The number of carbonyl (C=O) groups excluding carboxylic acids is 1. The highest BCUT2D eigenvalue weighted by Crippen LogP contribution is 2.06. The van der Waals surface area contributed by atoms with Crippen LogP contribution in [0.15, 0.2) is 0 Å². The van der Waals surface area contributed by atoms with Crippen LogP contribution in [0.2, 0.25) is 0 Å². The van der Waals surface area contributed by atoms with Gasteiger partial charge in [-0.25, -0.2) is 5.48 Å². The normalized spacial score (nSPS) is 14.2. The molecule has 0 aliphatic heterocycles. The number of quaternary nitrogens is 2. The van der Waals surface area contributed by atoms with Crippen molar-refractivity contribution >= 4 is 5.91 Å². The summed E-state index contributed by atoms with van der Waals surface area (Å²) in [6, 6.07) is 0. The number of hydroxylamine groups is 1. The zero-order valence-electron chi connectivity index (χ0n) is 32.0. The van der Waals surface area contributed by atoms with Crippen molar-refractivity contribution in [1.82, 2.24) is 20.6 Å². The van der Waals surface area contributed by atoms with Crippen LogP contribution in [0.4, 0.5) is 0 Å². The highest BCUT2D eigenvalue weighted by molar-refractivity contribution is 5.75. The Balaban J connectivity index is 0. The van der Waals surface area contributed by atoms with Crippen molar-refractivity contribution in [1.29, 1.82) is 0 Å². The molecule has 0 saturated carbocycles. The van der Waals surface area contributed by atoms with Crippen molar-refractivity contribution < 1.29 is 33.9 Å². The van der Waals surface area contributed by atoms with Crippen LogP contribution in [0.1, 0.15) is 99.3 Å². The number of hydrogen-bond acceptors (Lipinski definition) is 8. The fourth-order valence-electron chi connectivity index (χ4n) is 5.29. The Morgan fingerprint density at radius 1 is 0.739 bits per heavy atom. The van der Waals surface area contributed by atoms with Crippen molar-refractivity contribution in [2.24, 2.45) is 0 Å². The minimum absolute atomic E-state index is 0.0378. The number of nitrogens with zero attached hydrogens (tertiary/aromatic N) is 4. The molecule has 46 heavy (non-hydrogen) atoms. The third kappa shape index (κ3) is 28.2. The molecule has 0 aromatic rings. The average molecular weight is 665 g/mol. The van der Waals surface area contributed by atoms with Gasteiger partial charge < -0.3 is 29.6 Å². The Morgan fingerprint density at radius 2 is 1.28 bits per heavy atom. The quantitative estimate of drug-likeness (QED) is 0.0359. The summed E-state index contributed by atoms with van der Waals surface area (Å²) in [5.74, 6) is 0.152. The summed E-state index contributed by atoms with van der Waals surface area (Å²) in [6.45, 7) is 21.6. The van der Waals surface area contributed by atoms with Gasteiger partial charge in [-0.15, -0.1) is 0 Å². The van der Waals surface area contributed by atoms with Gasteiger partial charge in [0.25, 0.3) is 0 Å². The molecule has 0 rings (SSSR count). The van der Waals surface area contributed by atoms with E-state index >= 15 is 0 Å². The first kappa shape index (κ1) is 47.2. The van der Waals surface area contributed by atoms with E-state index in [9.17, 15) is 20.1 Å². The van der Waals surface area contributed by atoms with Crippen LogP contribution in [0.5, 0.6) is 0 Å². The van der Waals surface area contributed by atoms with E-state index in [1.54, 1.807) is 0 Å². The van der Waals surface area contributed by atoms with E-state index in [4.69, 9.17) is 4.84 Å². The van der Waals surface area contributed by atoms with Gasteiger partial charge in [0.05, 0.1) is 40.8 Å². The molecule has 0 heterocycles. The van der Waals surface area contributed by atoms with E-state index in [0.717, 1.165) is 102 Å². The molecule has 0 fully saturated rings. The molecule has 3 atom stereocenters. The summed E-state index contributed by atoms with van der Waals surface area (Å²) >= 11 is 0. The molecular formula is C35H80N6O5+2. The Hall–Kier alpha value is -0.890. The molecule has 0 aromatic heterocycles. The molecule has 5 N–H and O–H groups in total. The lowest BCUT2D eigenvalue weighted by Gasteiger charge is -2.32. The largest absolute Gasteiger partial charge is 0.386 e. The molecule has 0 bridgehead atoms. The lowest BCUT2D eigenvalue weighted by molar-refractivity contribution is -0.911. The number of aliphatic hydroxyl groups excluding tert-OH is 3. The Bertz CT molecular complexity index is 700. The lowest BCUT2D eigenvalue weighted by Crippen LogP contribution is -2.49. The van der Waals surface area contributed by atoms with Gasteiger partial charge in [-0.1, -0.05) is 53.9 Å². The minimum atomic E-state index is -0.437. The predicted octanol–water partition coefficient (Wildman–Crippen LogP) is 3.04. The summed E-state index contributed by atoms with van der Waals surface area (Å²) in [5.41, 5.74) is 3.08. The van der Waals surface area contributed by atoms with Crippen molar-refractivity contribution in [3.05, 3.63) is 0 Å². The number of rotatable bonds is 29. The van der Waals surface area contributed by atoms with Gasteiger partial charge in [0.15, 0.2) is 6.73 Å². The number of aliphatic hydroxyl groups is 3. The molecule has 0 saturated heterocycles. The molecule has 0 aliphatic carbocycles. The monoisotopic (exact) mass is 665 g/mol. The summed E-state index contributed by atoms with van der Waals surface area (Å²) in [6.07, 6.45) is 8.74. The maximum absolute atomic E-state index is 11.7. The van der Waals surface area contributed by atoms with Gasteiger partial charge in [-0.3, -0.25) is 19.4 Å². The smallest absolute Gasteiger partial charge is 0.220 e. The SMILES string of the molecule is CCCC(CC)ONCCN(CCC)CC(O)C[N+](C)(C)CO.CCCCCC(=O)NCCN(CCC)CC(O)C[N+](C)(C)CC. The second-order valence-electron chi connectivity index (χ2n) is 14.2. The maximum Gasteiger partial charge on any atom is 0.220 e. The number of likely N-dealkylation sites (N-methyl/N-ethyl adjacent to an activating group) is 2.